The van der Waals surface area contributed by atoms with Gasteiger partial charge in [-0.05, 0) is 29.8 Å². The second-order valence-corrected chi connectivity index (χ2v) is 4.19. The van der Waals surface area contributed by atoms with Crippen molar-refractivity contribution in [3.8, 4) is 11.8 Å². The molecule has 0 saturated heterocycles. The number of hydrogen-bond donors (Lipinski definition) is 0. The highest BCUT2D eigenvalue weighted by Crippen LogP contribution is 2.27. The van der Waals surface area contributed by atoms with E-state index in [2.05, 4.69) is 11.1 Å². The molecule has 2 rings (SSSR count). The lowest BCUT2D eigenvalue weighted by Gasteiger charge is -2.05. The maximum absolute atomic E-state index is 8.73. The van der Waals surface area contributed by atoms with Crippen molar-refractivity contribution in [1.29, 1.82) is 5.26 Å². The minimum absolute atomic E-state index is 0.525. The summed E-state index contributed by atoms with van der Waals surface area (Å²) in [4.78, 5) is 4.21. The van der Waals surface area contributed by atoms with Gasteiger partial charge in [-0.25, -0.2) is 0 Å². The van der Waals surface area contributed by atoms with Crippen molar-refractivity contribution in [1.82, 2.24) is 4.98 Å². The van der Waals surface area contributed by atoms with Crippen LogP contribution >= 0.6 is 11.6 Å². The summed E-state index contributed by atoms with van der Waals surface area (Å²) in [6.07, 6.45) is 5.34. The van der Waals surface area contributed by atoms with Gasteiger partial charge < -0.3 is 4.74 Å². The molecular formula is C15H11ClN2O. The highest BCUT2D eigenvalue weighted by molar-refractivity contribution is 6.32. The summed E-state index contributed by atoms with van der Waals surface area (Å²) in [6, 6.07) is 11.0. The van der Waals surface area contributed by atoms with Crippen molar-refractivity contribution in [3.05, 3.63) is 58.4 Å². The molecule has 1 aromatic heterocycles. The Kier molecular flexibility index (Phi) is 4.17. The lowest BCUT2D eigenvalue weighted by molar-refractivity contribution is 0.412. The normalized spacial score (nSPS) is 10.4. The Hall–Kier alpha value is -2.31. The van der Waals surface area contributed by atoms with Gasteiger partial charge in [-0.15, -0.1) is 0 Å². The van der Waals surface area contributed by atoms with Gasteiger partial charge in [-0.2, -0.15) is 5.26 Å². The Bertz CT molecular complexity index is 642. The first-order chi connectivity index (χ1) is 9.24. The van der Waals surface area contributed by atoms with Crippen molar-refractivity contribution in [3.63, 3.8) is 0 Å². The van der Waals surface area contributed by atoms with Crippen molar-refractivity contribution >= 4 is 23.8 Å². The highest BCUT2D eigenvalue weighted by atomic mass is 35.5. The standard InChI is InChI=1S/C15H11ClN2O/c1-19-15-13(16)8-9-18-14(15)7-6-11-2-4-12(10-17)5-3-11/h2-9H,1H3/b7-6+. The van der Waals surface area contributed by atoms with E-state index in [4.69, 9.17) is 21.6 Å². The van der Waals surface area contributed by atoms with Crippen molar-refractivity contribution in [2.24, 2.45) is 0 Å². The lowest BCUT2D eigenvalue weighted by Crippen LogP contribution is -1.90. The molecule has 0 unspecified atom stereocenters. The van der Waals surface area contributed by atoms with Crippen LogP contribution in [0.15, 0.2) is 36.5 Å². The molecule has 1 aromatic carbocycles. The van der Waals surface area contributed by atoms with Crippen LogP contribution in [0, 0.1) is 11.3 Å². The number of methoxy groups -OCH3 is 1. The fourth-order valence-corrected chi connectivity index (χ4v) is 1.83. The molecule has 94 valence electrons. The van der Waals surface area contributed by atoms with E-state index in [1.54, 1.807) is 31.5 Å². The first-order valence-electron chi connectivity index (χ1n) is 5.61. The Morgan fingerprint density at radius 1 is 1.21 bits per heavy atom. The minimum atomic E-state index is 0.525. The van der Waals surface area contributed by atoms with E-state index in [1.165, 1.54) is 0 Å². The summed E-state index contributed by atoms with van der Waals surface area (Å²) < 4.78 is 5.21. The number of halogens is 1. The third kappa shape index (κ3) is 3.12. The zero-order chi connectivity index (χ0) is 13.7. The molecule has 1 heterocycles. The molecule has 0 amide bonds. The molecule has 4 heteroatoms. The van der Waals surface area contributed by atoms with Gasteiger partial charge in [0.1, 0.15) is 5.69 Å². The van der Waals surface area contributed by atoms with Gasteiger partial charge in [-0.3, -0.25) is 4.98 Å². The molecule has 0 saturated carbocycles. The molecule has 0 atom stereocenters. The first kappa shape index (κ1) is 13.1. The molecule has 0 aliphatic heterocycles. The van der Waals surface area contributed by atoms with E-state index in [-0.39, 0.29) is 0 Å². The number of benzene rings is 1. The topological polar surface area (TPSA) is 45.9 Å². The van der Waals surface area contributed by atoms with E-state index in [9.17, 15) is 0 Å². The van der Waals surface area contributed by atoms with Crippen LogP contribution in [0.4, 0.5) is 0 Å². The molecule has 19 heavy (non-hydrogen) atoms. The third-order valence-electron chi connectivity index (χ3n) is 2.56. The first-order valence-corrected chi connectivity index (χ1v) is 5.99. The number of aromatic nitrogens is 1. The number of pyridine rings is 1. The number of nitrogens with zero attached hydrogens (tertiary/aromatic N) is 2. The molecule has 0 aliphatic carbocycles. The minimum Gasteiger partial charge on any atom is -0.493 e. The van der Waals surface area contributed by atoms with Crippen molar-refractivity contribution in [2.45, 2.75) is 0 Å². The molecule has 0 aliphatic rings. The van der Waals surface area contributed by atoms with Crippen LogP contribution in [0.1, 0.15) is 16.8 Å². The van der Waals surface area contributed by atoms with Gasteiger partial charge >= 0.3 is 0 Å². The predicted octanol–water partition coefficient (Wildman–Crippen LogP) is 3.79. The van der Waals surface area contributed by atoms with Crippen LogP contribution in [0.25, 0.3) is 12.2 Å². The zero-order valence-corrected chi connectivity index (χ0v) is 11.1. The van der Waals surface area contributed by atoms with Crippen LogP contribution in [-0.4, -0.2) is 12.1 Å². The van der Waals surface area contributed by atoms with Gasteiger partial charge in [0.2, 0.25) is 0 Å². The average Bonchev–Trinajstić information content (AvgIpc) is 2.45. The molecule has 0 radical (unpaired) electrons. The van der Waals surface area contributed by atoms with Crippen LogP contribution in [-0.2, 0) is 0 Å². The second-order valence-electron chi connectivity index (χ2n) is 3.78. The van der Waals surface area contributed by atoms with Gasteiger partial charge in [0.05, 0.1) is 23.8 Å². The molecule has 0 spiro atoms. The molecule has 2 aromatic rings. The van der Waals surface area contributed by atoms with Crippen LogP contribution in [0.5, 0.6) is 5.75 Å². The Balaban J connectivity index is 2.27. The maximum atomic E-state index is 8.73. The van der Waals surface area contributed by atoms with Gasteiger partial charge in [0, 0.05) is 6.20 Å². The third-order valence-corrected chi connectivity index (χ3v) is 2.86. The second kappa shape index (κ2) is 6.03. The highest BCUT2D eigenvalue weighted by Gasteiger charge is 2.05. The zero-order valence-electron chi connectivity index (χ0n) is 10.3. The SMILES string of the molecule is COc1c(Cl)ccnc1/C=C/c1ccc(C#N)cc1. The van der Waals surface area contributed by atoms with Gasteiger partial charge in [0.15, 0.2) is 5.75 Å². The Morgan fingerprint density at radius 2 is 1.95 bits per heavy atom. The Morgan fingerprint density at radius 3 is 2.58 bits per heavy atom. The van der Waals surface area contributed by atoms with E-state index >= 15 is 0 Å². The summed E-state index contributed by atoms with van der Waals surface area (Å²) in [5, 5.41) is 9.25. The monoisotopic (exact) mass is 270 g/mol. The van der Waals surface area contributed by atoms with Gasteiger partial charge in [0.25, 0.3) is 0 Å². The number of rotatable bonds is 3. The largest absolute Gasteiger partial charge is 0.493 e. The van der Waals surface area contributed by atoms with Crippen LogP contribution in [0.2, 0.25) is 5.02 Å². The Labute approximate surface area is 116 Å². The fraction of sp³-hybridized carbons (Fsp3) is 0.0667. The molecule has 0 fully saturated rings. The molecular weight excluding hydrogens is 260 g/mol. The maximum Gasteiger partial charge on any atom is 0.163 e. The molecule has 0 bridgehead atoms. The van der Waals surface area contributed by atoms with Crippen molar-refractivity contribution in [2.75, 3.05) is 7.11 Å². The summed E-state index contributed by atoms with van der Waals surface area (Å²) in [6.45, 7) is 0. The lowest BCUT2D eigenvalue weighted by atomic mass is 10.1. The average molecular weight is 271 g/mol. The summed E-state index contributed by atoms with van der Waals surface area (Å²) in [5.41, 5.74) is 2.28. The van der Waals surface area contributed by atoms with Gasteiger partial charge in [-0.1, -0.05) is 29.8 Å². The van der Waals surface area contributed by atoms with E-state index in [1.807, 2.05) is 24.3 Å². The number of nitriles is 1. The number of ether oxygens (including phenoxy) is 1. The quantitative estimate of drug-likeness (QED) is 0.852. The van der Waals surface area contributed by atoms with Crippen LogP contribution < -0.4 is 4.74 Å². The smallest absolute Gasteiger partial charge is 0.163 e. The van der Waals surface area contributed by atoms with E-state index in [0.717, 1.165) is 5.56 Å². The van der Waals surface area contributed by atoms with Crippen LogP contribution in [0.3, 0.4) is 0 Å². The predicted molar refractivity (Wildman–Crippen MR) is 75.9 cm³/mol. The molecule has 3 nitrogen and oxygen atoms in total. The van der Waals surface area contributed by atoms with E-state index in [0.29, 0.717) is 22.0 Å². The number of hydrogen-bond acceptors (Lipinski definition) is 3. The molecule has 0 N–H and O–H groups in total. The summed E-state index contributed by atoms with van der Waals surface area (Å²) in [5.74, 6) is 0.550. The van der Waals surface area contributed by atoms with Crippen molar-refractivity contribution < 1.29 is 4.74 Å². The summed E-state index contributed by atoms with van der Waals surface area (Å²) >= 11 is 6.02. The summed E-state index contributed by atoms with van der Waals surface area (Å²) in [7, 11) is 1.56. The van der Waals surface area contributed by atoms with E-state index < -0.39 is 0 Å². The fourth-order valence-electron chi connectivity index (χ4n) is 1.60.